The van der Waals surface area contributed by atoms with Gasteiger partial charge in [-0.1, -0.05) is 59.6 Å². The number of hydrogen-bond acceptors (Lipinski definition) is 1. The predicted molar refractivity (Wildman–Crippen MR) is 75.3 cm³/mol. The fourth-order valence-corrected chi connectivity index (χ4v) is 3.33. The van der Waals surface area contributed by atoms with Crippen LogP contribution in [0.4, 0.5) is 0 Å². The Labute approximate surface area is 116 Å². The van der Waals surface area contributed by atoms with Gasteiger partial charge in [-0.2, -0.15) is 0 Å². The zero-order valence-electron chi connectivity index (χ0n) is 9.83. The van der Waals surface area contributed by atoms with Crippen LogP contribution in [-0.4, -0.2) is 5.11 Å². The molecule has 2 rings (SSSR count). The molecule has 1 aromatic carbocycles. The normalized spacial score (nSPS) is 19.2. The van der Waals surface area contributed by atoms with Crippen LogP contribution in [0.3, 0.4) is 0 Å². The molecule has 0 aliphatic heterocycles. The van der Waals surface area contributed by atoms with Crippen LogP contribution in [0.25, 0.3) is 0 Å². The molecule has 0 heterocycles. The van der Waals surface area contributed by atoms with Gasteiger partial charge in [-0.05, 0) is 36.1 Å². The van der Waals surface area contributed by atoms with Crippen LogP contribution in [-0.2, 0) is 0 Å². The van der Waals surface area contributed by atoms with Gasteiger partial charge in [-0.25, -0.2) is 0 Å². The molecule has 1 aliphatic carbocycles. The van der Waals surface area contributed by atoms with Crippen LogP contribution in [0.1, 0.15) is 50.2 Å². The first-order chi connectivity index (χ1) is 8.16. The minimum absolute atomic E-state index is 0.397. The van der Waals surface area contributed by atoms with Crippen molar-refractivity contribution in [3.8, 4) is 0 Å². The monoisotopic (exact) mass is 316 g/mol. The zero-order valence-corrected chi connectivity index (χ0v) is 12.2. The smallest absolute Gasteiger partial charge is 0.0804 e. The van der Waals surface area contributed by atoms with Crippen LogP contribution in [0.2, 0.25) is 5.02 Å². The minimum atomic E-state index is -0.397. The molecular formula is C14H18BrClO. The molecule has 0 bridgehead atoms. The Morgan fingerprint density at radius 2 is 2.00 bits per heavy atom. The molecular weight excluding hydrogens is 300 g/mol. The van der Waals surface area contributed by atoms with E-state index in [2.05, 4.69) is 15.9 Å². The molecule has 1 atom stereocenters. The van der Waals surface area contributed by atoms with Crippen LogP contribution >= 0.6 is 27.5 Å². The van der Waals surface area contributed by atoms with E-state index in [-0.39, 0.29) is 0 Å². The van der Waals surface area contributed by atoms with E-state index in [4.69, 9.17) is 11.6 Å². The topological polar surface area (TPSA) is 20.2 Å². The second-order valence-electron chi connectivity index (χ2n) is 4.92. The standard InChI is InChI=1S/C14H18BrClO/c15-13-7-6-11(16)9-12(13)14(17)8-10-4-2-1-3-5-10/h6-7,9-10,14,17H,1-5,8H2. The van der Waals surface area contributed by atoms with Gasteiger partial charge >= 0.3 is 0 Å². The lowest BCUT2D eigenvalue weighted by molar-refractivity contribution is 0.131. The molecule has 0 amide bonds. The Balaban J connectivity index is 2.02. The Hall–Kier alpha value is -0.0500. The summed E-state index contributed by atoms with van der Waals surface area (Å²) < 4.78 is 0.949. The molecule has 1 N–H and O–H groups in total. The molecule has 0 aromatic heterocycles. The summed E-state index contributed by atoms with van der Waals surface area (Å²) in [5.41, 5.74) is 0.920. The Morgan fingerprint density at radius 1 is 1.29 bits per heavy atom. The minimum Gasteiger partial charge on any atom is -0.388 e. The van der Waals surface area contributed by atoms with Gasteiger partial charge in [0.1, 0.15) is 0 Å². The summed E-state index contributed by atoms with van der Waals surface area (Å²) in [5.74, 6) is 0.671. The number of benzene rings is 1. The van der Waals surface area contributed by atoms with E-state index in [1.165, 1.54) is 32.1 Å². The van der Waals surface area contributed by atoms with E-state index in [0.717, 1.165) is 16.5 Å². The van der Waals surface area contributed by atoms with Crippen LogP contribution in [0.15, 0.2) is 22.7 Å². The van der Waals surface area contributed by atoms with Crippen molar-refractivity contribution >= 4 is 27.5 Å². The molecule has 1 nitrogen and oxygen atoms in total. The van der Waals surface area contributed by atoms with E-state index in [9.17, 15) is 5.11 Å². The van der Waals surface area contributed by atoms with Gasteiger partial charge in [0.25, 0.3) is 0 Å². The van der Waals surface area contributed by atoms with Crippen molar-refractivity contribution in [1.29, 1.82) is 0 Å². The van der Waals surface area contributed by atoms with E-state index in [1.54, 1.807) is 0 Å². The Bertz CT molecular complexity index is 374. The molecule has 1 saturated carbocycles. The lowest BCUT2D eigenvalue weighted by Crippen LogP contribution is -2.11. The average molecular weight is 318 g/mol. The number of hydrogen-bond donors (Lipinski definition) is 1. The van der Waals surface area contributed by atoms with Gasteiger partial charge in [-0.15, -0.1) is 0 Å². The second kappa shape index (κ2) is 6.21. The Morgan fingerprint density at radius 3 is 2.71 bits per heavy atom. The lowest BCUT2D eigenvalue weighted by Gasteiger charge is -2.24. The fourth-order valence-electron chi connectivity index (χ4n) is 2.64. The van der Waals surface area contributed by atoms with Crippen molar-refractivity contribution < 1.29 is 5.11 Å². The number of rotatable bonds is 3. The molecule has 1 aliphatic rings. The maximum absolute atomic E-state index is 10.3. The van der Waals surface area contributed by atoms with Crippen molar-refractivity contribution in [2.24, 2.45) is 5.92 Å². The summed E-state index contributed by atoms with van der Waals surface area (Å²) >= 11 is 9.45. The first kappa shape index (κ1) is 13.4. The molecule has 1 fully saturated rings. The van der Waals surface area contributed by atoms with E-state index >= 15 is 0 Å². The highest BCUT2D eigenvalue weighted by Gasteiger charge is 2.20. The molecule has 94 valence electrons. The molecule has 3 heteroatoms. The van der Waals surface area contributed by atoms with E-state index in [1.807, 2.05) is 18.2 Å². The van der Waals surface area contributed by atoms with Crippen molar-refractivity contribution in [3.63, 3.8) is 0 Å². The lowest BCUT2D eigenvalue weighted by atomic mass is 9.84. The highest BCUT2D eigenvalue weighted by molar-refractivity contribution is 9.10. The molecule has 1 unspecified atom stereocenters. The maximum Gasteiger partial charge on any atom is 0.0804 e. The number of aliphatic hydroxyl groups is 1. The molecule has 0 radical (unpaired) electrons. The predicted octanol–water partition coefficient (Wildman–Crippen LogP) is 5.11. The summed E-state index contributed by atoms with van der Waals surface area (Å²) in [5, 5.41) is 11.0. The summed E-state index contributed by atoms with van der Waals surface area (Å²) in [7, 11) is 0. The third kappa shape index (κ3) is 3.70. The SMILES string of the molecule is OC(CC1CCCCC1)c1cc(Cl)ccc1Br. The van der Waals surface area contributed by atoms with Crippen LogP contribution in [0.5, 0.6) is 0 Å². The van der Waals surface area contributed by atoms with Gasteiger partial charge < -0.3 is 5.11 Å². The van der Waals surface area contributed by atoms with Crippen molar-refractivity contribution in [1.82, 2.24) is 0 Å². The van der Waals surface area contributed by atoms with Crippen LogP contribution in [0, 0.1) is 5.92 Å². The van der Waals surface area contributed by atoms with Crippen molar-refractivity contribution in [2.75, 3.05) is 0 Å². The summed E-state index contributed by atoms with van der Waals surface area (Å²) in [6.45, 7) is 0. The van der Waals surface area contributed by atoms with Crippen molar-refractivity contribution in [3.05, 3.63) is 33.3 Å². The third-order valence-corrected chi connectivity index (χ3v) is 4.56. The van der Waals surface area contributed by atoms with Gasteiger partial charge in [0, 0.05) is 9.50 Å². The maximum atomic E-state index is 10.3. The van der Waals surface area contributed by atoms with Gasteiger partial charge in [-0.3, -0.25) is 0 Å². The van der Waals surface area contributed by atoms with Crippen molar-refractivity contribution in [2.45, 2.75) is 44.6 Å². The first-order valence-corrected chi connectivity index (χ1v) is 7.47. The number of aliphatic hydroxyl groups excluding tert-OH is 1. The van der Waals surface area contributed by atoms with E-state index < -0.39 is 6.10 Å². The second-order valence-corrected chi connectivity index (χ2v) is 6.21. The highest BCUT2D eigenvalue weighted by atomic mass is 79.9. The fraction of sp³-hybridized carbons (Fsp3) is 0.571. The summed E-state index contributed by atoms with van der Waals surface area (Å²) in [6.07, 6.45) is 6.96. The Kier molecular flexibility index (Phi) is 4.89. The van der Waals surface area contributed by atoms with E-state index in [0.29, 0.717) is 10.9 Å². The summed E-state index contributed by atoms with van der Waals surface area (Å²) in [4.78, 5) is 0. The highest BCUT2D eigenvalue weighted by Crippen LogP contribution is 2.35. The summed E-state index contributed by atoms with van der Waals surface area (Å²) in [6, 6.07) is 5.60. The van der Waals surface area contributed by atoms with Crippen LogP contribution < -0.4 is 0 Å². The molecule has 0 saturated heterocycles. The largest absolute Gasteiger partial charge is 0.388 e. The molecule has 1 aromatic rings. The molecule has 0 spiro atoms. The number of halogens is 2. The van der Waals surface area contributed by atoms with Gasteiger partial charge in [0.15, 0.2) is 0 Å². The average Bonchev–Trinajstić information content (AvgIpc) is 2.33. The quantitative estimate of drug-likeness (QED) is 0.821. The third-order valence-electron chi connectivity index (χ3n) is 3.60. The zero-order chi connectivity index (χ0) is 12.3. The van der Waals surface area contributed by atoms with Gasteiger partial charge in [0.2, 0.25) is 0 Å². The van der Waals surface area contributed by atoms with Gasteiger partial charge in [0.05, 0.1) is 6.10 Å². The molecule has 17 heavy (non-hydrogen) atoms. The first-order valence-electron chi connectivity index (χ1n) is 6.30.